The molecule has 2 N–H and O–H groups in total. The van der Waals surface area contributed by atoms with Gasteiger partial charge in [0.05, 0.1) is 23.9 Å². The average Bonchev–Trinajstić information content (AvgIpc) is 3.53. The molecule has 0 bridgehead atoms. The third-order valence-corrected chi connectivity index (χ3v) is 6.95. The molecule has 4 aromatic rings. The quantitative estimate of drug-likeness (QED) is 0.244. The predicted molar refractivity (Wildman–Crippen MR) is 151 cm³/mol. The van der Waals surface area contributed by atoms with Crippen LogP contribution in [0, 0.1) is 0 Å². The summed E-state index contributed by atoms with van der Waals surface area (Å²) in [6.07, 6.45) is 4.74. The molecule has 0 aliphatic carbocycles. The number of tetrazole rings is 1. The number of amides is 2. The van der Waals surface area contributed by atoms with E-state index in [0.717, 1.165) is 5.56 Å². The number of carbonyl (C=O) groups excluding carboxylic acids is 3. The molecule has 5 rings (SSSR count). The van der Waals surface area contributed by atoms with E-state index in [4.69, 9.17) is 16.3 Å². The average molecular weight is 587 g/mol. The van der Waals surface area contributed by atoms with Gasteiger partial charge in [0.25, 0.3) is 5.91 Å². The summed E-state index contributed by atoms with van der Waals surface area (Å²) in [5, 5.41) is 23.6. The number of carboxylic acid groups (broad SMARTS) is 1. The van der Waals surface area contributed by atoms with Crippen LogP contribution in [0.5, 0.6) is 0 Å². The molecule has 0 radical (unpaired) electrons. The SMILES string of the molecule is COC(=O)c1ccc2c(c1)C(C(=O)Nc1ccc(C(=O)O)cc1)N(C(=O)/C=C/c1cc(Cl)ccc1-n1cnnn1)CC2. The third kappa shape index (κ3) is 5.88. The smallest absolute Gasteiger partial charge is 0.337 e. The Labute approximate surface area is 244 Å². The number of rotatable bonds is 7. The molecular formula is C29H23ClN6O6. The first-order chi connectivity index (χ1) is 20.2. The van der Waals surface area contributed by atoms with Crippen molar-refractivity contribution in [2.75, 3.05) is 19.0 Å². The maximum atomic E-state index is 13.7. The number of anilines is 1. The molecule has 212 valence electrons. The van der Waals surface area contributed by atoms with Gasteiger partial charge < -0.3 is 20.1 Å². The van der Waals surface area contributed by atoms with Gasteiger partial charge in [0.2, 0.25) is 5.91 Å². The van der Waals surface area contributed by atoms with Crippen LogP contribution in [0.15, 0.2) is 73.1 Å². The first kappa shape index (κ1) is 28.2. The van der Waals surface area contributed by atoms with E-state index >= 15 is 0 Å². The van der Waals surface area contributed by atoms with E-state index in [0.29, 0.717) is 33.9 Å². The Morgan fingerprint density at radius 3 is 2.50 bits per heavy atom. The van der Waals surface area contributed by atoms with Crippen molar-refractivity contribution >= 4 is 47.1 Å². The topological polar surface area (TPSA) is 157 Å². The Bertz CT molecular complexity index is 1700. The lowest BCUT2D eigenvalue weighted by Crippen LogP contribution is -2.44. The number of benzene rings is 3. The van der Waals surface area contributed by atoms with Crippen LogP contribution in [0.3, 0.4) is 0 Å². The molecule has 1 aliphatic rings. The third-order valence-electron chi connectivity index (χ3n) is 6.72. The highest BCUT2D eigenvalue weighted by atomic mass is 35.5. The normalized spacial score (nSPS) is 14.3. The van der Waals surface area contributed by atoms with Crippen LogP contribution < -0.4 is 5.32 Å². The number of hydrogen-bond donors (Lipinski definition) is 2. The van der Waals surface area contributed by atoms with Crippen LogP contribution in [-0.4, -0.2) is 67.6 Å². The molecule has 1 unspecified atom stereocenters. The van der Waals surface area contributed by atoms with Crippen molar-refractivity contribution in [2.45, 2.75) is 12.5 Å². The second-order valence-electron chi connectivity index (χ2n) is 9.25. The number of aromatic carboxylic acids is 1. The van der Waals surface area contributed by atoms with Crippen LogP contribution >= 0.6 is 11.6 Å². The van der Waals surface area contributed by atoms with Gasteiger partial charge in [-0.1, -0.05) is 17.7 Å². The molecule has 12 nitrogen and oxygen atoms in total. The summed E-state index contributed by atoms with van der Waals surface area (Å²) in [6, 6.07) is 14.5. The molecule has 0 saturated carbocycles. The maximum absolute atomic E-state index is 13.7. The second kappa shape index (κ2) is 12.0. The summed E-state index contributed by atoms with van der Waals surface area (Å²) in [6.45, 7) is 0.221. The highest BCUT2D eigenvalue weighted by molar-refractivity contribution is 6.30. The number of carbonyl (C=O) groups is 4. The van der Waals surface area contributed by atoms with Crippen molar-refractivity contribution in [1.29, 1.82) is 0 Å². The Balaban J connectivity index is 1.49. The van der Waals surface area contributed by atoms with Crippen LogP contribution in [0.1, 0.15) is 43.4 Å². The van der Waals surface area contributed by atoms with E-state index in [1.165, 1.54) is 53.4 Å². The Morgan fingerprint density at radius 1 is 1.05 bits per heavy atom. The number of ether oxygens (including phenoxy) is 1. The van der Waals surface area contributed by atoms with Gasteiger partial charge in [-0.2, -0.15) is 4.68 Å². The van der Waals surface area contributed by atoms with Gasteiger partial charge >= 0.3 is 11.9 Å². The first-order valence-corrected chi connectivity index (χ1v) is 13.0. The molecule has 0 saturated heterocycles. The Morgan fingerprint density at radius 2 is 1.81 bits per heavy atom. The maximum Gasteiger partial charge on any atom is 0.337 e. The standard InChI is InChI=1S/C29H23ClN6O6/c1-42-29(41)20-3-2-17-12-13-35(25(37)11-6-19-14-21(30)7-10-24(19)36-16-31-33-34-36)26(23(17)15-20)27(38)32-22-8-4-18(5-9-22)28(39)40/h2-11,14-16,26H,12-13H2,1H3,(H,32,38)(H,39,40)/b11-6+. The van der Waals surface area contributed by atoms with Crippen molar-refractivity contribution in [3.8, 4) is 5.69 Å². The summed E-state index contributed by atoms with van der Waals surface area (Å²) in [4.78, 5) is 52.3. The molecule has 0 spiro atoms. The van der Waals surface area contributed by atoms with Gasteiger partial charge in [-0.05, 0) is 88.6 Å². The molecule has 1 aromatic heterocycles. The predicted octanol–water partition coefficient (Wildman–Crippen LogP) is 3.58. The molecule has 1 aliphatic heterocycles. The van der Waals surface area contributed by atoms with E-state index in [-0.39, 0.29) is 17.7 Å². The lowest BCUT2D eigenvalue weighted by Gasteiger charge is -2.36. The fraction of sp³-hybridized carbons (Fsp3) is 0.138. The highest BCUT2D eigenvalue weighted by Crippen LogP contribution is 2.33. The number of nitrogens with zero attached hydrogens (tertiary/aromatic N) is 5. The van der Waals surface area contributed by atoms with Crippen LogP contribution in [0.2, 0.25) is 5.02 Å². The molecule has 2 amide bonds. The summed E-state index contributed by atoms with van der Waals surface area (Å²) in [5.41, 5.74) is 3.05. The zero-order chi connectivity index (χ0) is 29.8. The molecule has 1 atom stereocenters. The highest BCUT2D eigenvalue weighted by Gasteiger charge is 2.36. The second-order valence-corrected chi connectivity index (χ2v) is 9.69. The van der Waals surface area contributed by atoms with Gasteiger partial charge in [0.1, 0.15) is 12.4 Å². The number of methoxy groups -OCH3 is 1. The fourth-order valence-corrected chi connectivity index (χ4v) is 4.86. The van der Waals surface area contributed by atoms with E-state index in [2.05, 4.69) is 20.8 Å². The first-order valence-electron chi connectivity index (χ1n) is 12.6. The number of fused-ring (bicyclic) bond motifs is 1. The largest absolute Gasteiger partial charge is 0.478 e. The number of nitrogens with one attached hydrogen (secondary N) is 1. The van der Waals surface area contributed by atoms with E-state index in [9.17, 15) is 24.3 Å². The van der Waals surface area contributed by atoms with Gasteiger partial charge in [0, 0.05) is 28.9 Å². The molecule has 3 aromatic carbocycles. The minimum atomic E-state index is -1.10. The molecule has 0 fully saturated rings. The van der Waals surface area contributed by atoms with Gasteiger partial charge in [-0.25, -0.2) is 9.59 Å². The van der Waals surface area contributed by atoms with Crippen molar-refractivity contribution in [3.63, 3.8) is 0 Å². The lowest BCUT2D eigenvalue weighted by molar-refractivity contribution is -0.135. The van der Waals surface area contributed by atoms with Crippen LogP contribution in [-0.2, 0) is 20.7 Å². The van der Waals surface area contributed by atoms with E-state index < -0.39 is 29.8 Å². The van der Waals surface area contributed by atoms with E-state index in [1.54, 1.807) is 42.5 Å². The molecule has 2 heterocycles. The summed E-state index contributed by atoms with van der Waals surface area (Å²) in [7, 11) is 1.26. The van der Waals surface area contributed by atoms with Crippen LogP contribution in [0.4, 0.5) is 5.69 Å². The molecular weight excluding hydrogens is 564 g/mol. The molecule has 42 heavy (non-hydrogen) atoms. The van der Waals surface area contributed by atoms with Gasteiger partial charge in [0.15, 0.2) is 0 Å². The number of aromatic nitrogens is 4. The van der Waals surface area contributed by atoms with Crippen molar-refractivity contribution in [3.05, 3.63) is 106 Å². The Hall–Kier alpha value is -5.36. The summed E-state index contributed by atoms with van der Waals surface area (Å²) in [5.74, 6) is -2.69. The number of esters is 1. The lowest BCUT2D eigenvalue weighted by atomic mass is 9.90. The monoisotopic (exact) mass is 586 g/mol. The minimum absolute atomic E-state index is 0.0581. The number of halogens is 1. The van der Waals surface area contributed by atoms with Crippen molar-refractivity contribution in [1.82, 2.24) is 25.1 Å². The van der Waals surface area contributed by atoms with E-state index in [1.807, 2.05) is 0 Å². The molecule has 13 heteroatoms. The fourth-order valence-electron chi connectivity index (χ4n) is 4.68. The minimum Gasteiger partial charge on any atom is -0.478 e. The number of hydrogen-bond acceptors (Lipinski definition) is 8. The van der Waals surface area contributed by atoms with Gasteiger partial charge in [-0.3, -0.25) is 9.59 Å². The number of carboxylic acids is 1. The summed E-state index contributed by atoms with van der Waals surface area (Å²) >= 11 is 6.21. The Kier molecular flexibility index (Phi) is 8.07. The van der Waals surface area contributed by atoms with Crippen molar-refractivity contribution in [2.24, 2.45) is 0 Å². The zero-order valence-corrected chi connectivity index (χ0v) is 22.9. The van der Waals surface area contributed by atoms with Crippen LogP contribution in [0.25, 0.3) is 11.8 Å². The van der Waals surface area contributed by atoms with Gasteiger partial charge in [-0.15, -0.1) is 5.10 Å². The summed E-state index contributed by atoms with van der Waals surface area (Å²) < 4.78 is 6.28. The van der Waals surface area contributed by atoms with Crippen molar-refractivity contribution < 1.29 is 29.0 Å². The zero-order valence-electron chi connectivity index (χ0n) is 22.1.